The monoisotopic (exact) mass is 324 g/mol. The van der Waals surface area contributed by atoms with Crippen molar-refractivity contribution in [2.45, 2.75) is 0 Å². The normalized spacial score (nSPS) is 10.9. The Bertz CT molecular complexity index is 757. The molecule has 0 aliphatic heterocycles. The highest BCUT2D eigenvalue weighted by atomic mass is 35.5. The summed E-state index contributed by atoms with van der Waals surface area (Å²) in [4.78, 5) is 11.9. The van der Waals surface area contributed by atoms with E-state index in [0.717, 1.165) is 18.2 Å². The van der Waals surface area contributed by atoms with Gasteiger partial charge in [0.25, 0.3) is 0 Å². The van der Waals surface area contributed by atoms with Gasteiger partial charge in [-0.2, -0.15) is 0 Å². The fourth-order valence-electron chi connectivity index (χ4n) is 1.80. The van der Waals surface area contributed by atoms with Crippen molar-refractivity contribution in [1.82, 2.24) is 0 Å². The summed E-state index contributed by atoms with van der Waals surface area (Å²) >= 11 is 5.82. The number of hydrogen-bond acceptors (Lipinski definition) is 3. The summed E-state index contributed by atoms with van der Waals surface area (Å²) in [6.07, 6.45) is 2.51. The zero-order valence-electron chi connectivity index (χ0n) is 11.4. The summed E-state index contributed by atoms with van der Waals surface area (Å²) in [6, 6.07) is 5.60. The molecule has 0 atom stereocenters. The molecule has 3 nitrogen and oxygen atoms in total. The van der Waals surface area contributed by atoms with Crippen molar-refractivity contribution in [3.8, 4) is 11.5 Å². The molecule has 0 amide bonds. The minimum absolute atomic E-state index is 0.0550. The summed E-state index contributed by atoms with van der Waals surface area (Å²) in [5, 5.41) is 9.66. The van der Waals surface area contributed by atoms with E-state index in [1.54, 1.807) is 0 Å². The number of benzene rings is 2. The lowest BCUT2D eigenvalue weighted by Gasteiger charge is -2.06. The molecule has 2 aromatic carbocycles. The van der Waals surface area contributed by atoms with Gasteiger partial charge in [0, 0.05) is 6.07 Å². The molecule has 0 saturated carbocycles. The molecular formula is C16H11ClF2O3. The first-order valence-corrected chi connectivity index (χ1v) is 6.54. The Morgan fingerprint density at radius 3 is 2.64 bits per heavy atom. The molecule has 0 aliphatic rings. The topological polar surface area (TPSA) is 46.5 Å². The van der Waals surface area contributed by atoms with Crippen molar-refractivity contribution in [3.05, 3.63) is 64.2 Å². The Balaban J connectivity index is 2.28. The first-order valence-electron chi connectivity index (χ1n) is 6.16. The Hall–Kier alpha value is -2.40. The van der Waals surface area contributed by atoms with Crippen LogP contribution in [0.5, 0.6) is 11.5 Å². The van der Waals surface area contributed by atoms with Crippen molar-refractivity contribution < 1.29 is 23.4 Å². The smallest absolute Gasteiger partial charge is 0.188 e. The molecular weight excluding hydrogens is 314 g/mol. The van der Waals surface area contributed by atoms with E-state index in [0.29, 0.717) is 11.6 Å². The average molecular weight is 325 g/mol. The highest BCUT2D eigenvalue weighted by Crippen LogP contribution is 2.35. The molecule has 0 aromatic heterocycles. The Morgan fingerprint density at radius 2 is 2.00 bits per heavy atom. The molecule has 0 bridgehead atoms. The number of phenolic OH excluding ortho intramolecular Hbond substituents is 1. The summed E-state index contributed by atoms with van der Waals surface area (Å²) in [5.74, 6) is -2.38. The number of ether oxygens (including phenoxy) is 1. The molecule has 0 spiro atoms. The minimum atomic E-state index is -0.934. The number of hydrogen-bond donors (Lipinski definition) is 1. The maximum Gasteiger partial charge on any atom is 0.188 e. The van der Waals surface area contributed by atoms with Crippen LogP contribution in [0, 0.1) is 11.6 Å². The van der Waals surface area contributed by atoms with Crippen LogP contribution in [0.2, 0.25) is 5.02 Å². The number of aromatic hydroxyl groups is 1. The van der Waals surface area contributed by atoms with Gasteiger partial charge in [-0.15, -0.1) is 0 Å². The number of allylic oxidation sites excluding steroid dienone is 1. The number of phenols is 1. The molecule has 6 heteroatoms. The zero-order chi connectivity index (χ0) is 16.3. The molecule has 0 saturated heterocycles. The maximum absolute atomic E-state index is 13.5. The quantitative estimate of drug-likeness (QED) is 0.676. The third-order valence-corrected chi connectivity index (χ3v) is 3.18. The lowest BCUT2D eigenvalue weighted by molar-refractivity contribution is 0.104. The summed E-state index contributed by atoms with van der Waals surface area (Å²) in [6.45, 7) is 0. The van der Waals surface area contributed by atoms with Gasteiger partial charge >= 0.3 is 0 Å². The van der Waals surface area contributed by atoms with Crippen molar-refractivity contribution in [2.24, 2.45) is 0 Å². The second kappa shape index (κ2) is 6.58. The predicted molar refractivity (Wildman–Crippen MR) is 79.4 cm³/mol. The van der Waals surface area contributed by atoms with E-state index in [4.69, 9.17) is 16.3 Å². The van der Waals surface area contributed by atoms with Gasteiger partial charge in [0.15, 0.2) is 17.3 Å². The van der Waals surface area contributed by atoms with Gasteiger partial charge in [-0.1, -0.05) is 17.7 Å². The van der Waals surface area contributed by atoms with Crippen LogP contribution in [0.15, 0.2) is 36.4 Å². The molecule has 2 aromatic rings. The predicted octanol–water partition coefficient (Wildman–Crippen LogP) is 4.23. The largest absolute Gasteiger partial charge is 0.503 e. The molecule has 0 unspecified atom stereocenters. The van der Waals surface area contributed by atoms with Gasteiger partial charge in [0.05, 0.1) is 17.7 Å². The van der Waals surface area contributed by atoms with Gasteiger partial charge in [-0.3, -0.25) is 4.79 Å². The standard InChI is InChI=1S/C16H11ClF2O3/c1-22-15-7-9(6-12(17)16(15)21)2-5-14(20)11-4-3-10(18)8-13(11)19/h2-8,21H,1H3/b5-2+. The van der Waals surface area contributed by atoms with E-state index in [1.807, 2.05) is 0 Å². The van der Waals surface area contributed by atoms with Crippen LogP contribution < -0.4 is 4.74 Å². The van der Waals surface area contributed by atoms with Crippen molar-refractivity contribution >= 4 is 23.5 Å². The number of carbonyl (C=O) groups is 1. The summed E-state index contributed by atoms with van der Waals surface area (Å²) in [5.41, 5.74) is 0.241. The molecule has 114 valence electrons. The molecule has 0 radical (unpaired) electrons. The summed E-state index contributed by atoms with van der Waals surface area (Å²) in [7, 11) is 1.36. The van der Waals surface area contributed by atoms with Gasteiger partial charge in [0.2, 0.25) is 0 Å². The Labute approximate surface area is 130 Å². The molecule has 2 rings (SSSR count). The zero-order valence-corrected chi connectivity index (χ0v) is 12.2. The van der Waals surface area contributed by atoms with E-state index >= 15 is 0 Å². The summed E-state index contributed by atoms with van der Waals surface area (Å²) < 4.78 is 31.2. The average Bonchev–Trinajstić information content (AvgIpc) is 2.48. The SMILES string of the molecule is COc1cc(/C=C/C(=O)c2ccc(F)cc2F)cc(Cl)c1O. The van der Waals surface area contributed by atoms with E-state index in [1.165, 1.54) is 25.3 Å². The van der Waals surface area contributed by atoms with Crippen molar-refractivity contribution in [3.63, 3.8) is 0 Å². The van der Waals surface area contributed by atoms with Gasteiger partial charge in [-0.25, -0.2) is 8.78 Å². The third kappa shape index (κ3) is 3.43. The molecule has 0 fully saturated rings. The van der Waals surface area contributed by atoms with Crippen LogP contribution in [0.1, 0.15) is 15.9 Å². The first kappa shape index (κ1) is 16.0. The van der Waals surface area contributed by atoms with Gasteiger partial charge in [0.1, 0.15) is 11.6 Å². The van der Waals surface area contributed by atoms with Crippen LogP contribution in [0.4, 0.5) is 8.78 Å². The van der Waals surface area contributed by atoms with Crippen LogP contribution >= 0.6 is 11.6 Å². The lowest BCUT2D eigenvalue weighted by Crippen LogP contribution is -1.99. The lowest BCUT2D eigenvalue weighted by atomic mass is 10.1. The number of halogens is 3. The second-order valence-corrected chi connectivity index (χ2v) is 4.78. The fourth-order valence-corrected chi connectivity index (χ4v) is 2.02. The first-order chi connectivity index (χ1) is 10.4. The van der Waals surface area contributed by atoms with E-state index in [-0.39, 0.29) is 22.1 Å². The number of carbonyl (C=O) groups excluding carboxylic acids is 1. The van der Waals surface area contributed by atoms with Crippen molar-refractivity contribution in [1.29, 1.82) is 0 Å². The number of methoxy groups -OCH3 is 1. The second-order valence-electron chi connectivity index (χ2n) is 4.38. The fraction of sp³-hybridized carbons (Fsp3) is 0.0625. The Kier molecular flexibility index (Phi) is 4.78. The van der Waals surface area contributed by atoms with E-state index < -0.39 is 17.4 Å². The molecule has 22 heavy (non-hydrogen) atoms. The highest BCUT2D eigenvalue weighted by molar-refractivity contribution is 6.32. The van der Waals surface area contributed by atoms with E-state index in [2.05, 4.69) is 0 Å². The molecule has 1 N–H and O–H groups in total. The van der Waals surface area contributed by atoms with Gasteiger partial charge < -0.3 is 9.84 Å². The van der Waals surface area contributed by atoms with Crippen LogP contribution in [-0.2, 0) is 0 Å². The Morgan fingerprint density at radius 1 is 1.27 bits per heavy atom. The van der Waals surface area contributed by atoms with Crippen molar-refractivity contribution in [2.75, 3.05) is 7.11 Å². The molecule has 0 heterocycles. The molecule has 0 aliphatic carbocycles. The van der Waals surface area contributed by atoms with Crippen LogP contribution in [-0.4, -0.2) is 18.0 Å². The minimum Gasteiger partial charge on any atom is -0.503 e. The number of rotatable bonds is 4. The third-order valence-electron chi connectivity index (χ3n) is 2.89. The van der Waals surface area contributed by atoms with E-state index in [9.17, 15) is 18.7 Å². The van der Waals surface area contributed by atoms with Crippen LogP contribution in [0.3, 0.4) is 0 Å². The maximum atomic E-state index is 13.5. The highest BCUT2D eigenvalue weighted by Gasteiger charge is 2.11. The van der Waals surface area contributed by atoms with Crippen LogP contribution in [0.25, 0.3) is 6.08 Å². The van der Waals surface area contributed by atoms with Gasteiger partial charge in [-0.05, 0) is 35.9 Å². The number of ketones is 1.